The van der Waals surface area contributed by atoms with Crippen LogP contribution in [0.5, 0.6) is 0 Å². The highest BCUT2D eigenvalue weighted by molar-refractivity contribution is 7.09. The lowest BCUT2D eigenvalue weighted by Crippen LogP contribution is -2.45. The lowest BCUT2D eigenvalue weighted by molar-refractivity contribution is -0.154. The normalized spacial score (nSPS) is 32.1. The molecule has 7 heteroatoms. The van der Waals surface area contributed by atoms with E-state index in [0.717, 1.165) is 35.5 Å². The fourth-order valence-corrected chi connectivity index (χ4v) is 4.97. The third-order valence-electron chi connectivity index (χ3n) is 7.04. The third-order valence-corrected chi connectivity index (χ3v) is 7.83. The number of allylic oxidation sites excluding steroid dienone is 1. The van der Waals surface area contributed by atoms with Gasteiger partial charge in [0.15, 0.2) is 0 Å². The number of thiazole rings is 1. The van der Waals surface area contributed by atoms with Crippen LogP contribution in [0.25, 0.3) is 6.08 Å². The number of aryl methyl sites for hydroxylation is 1. The van der Waals surface area contributed by atoms with Crippen LogP contribution in [-0.4, -0.2) is 45.3 Å². The number of aliphatic hydroxyl groups excluding tert-OH is 2. The van der Waals surface area contributed by atoms with Crippen LogP contribution < -0.4 is 0 Å². The quantitative estimate of drug-likeness (QED) is 0.432. The van der Waals surface area contributed by atoms with E-state index < -0.39 is 35.6 Å². The molecule has 6 nitrogen and oxygen atoms in total. The standard InChI is InChI=1S/C27H41NO5S/c1-16-9-8-10-17(2)25(31)19(4)26(32)27(6,7)23(29)14-24(30)33-22(12-11-16)18(3)13-21-15-34-20(5)28-21/h11,13,15,17,19,22-23,25,29,31H,8-10,12,14H2,1-7H3/b16-11-,18-13+/t17-,19+,22-,23+,25-/m0/s1. The van der Waals surface area contributed by atoms with Gasteiger partial charge in [-0.1, -0.05) is 39.3 Å². The van der Waals surface area contributed by atoms with Gasteiger partial charge < -0.3 is 14.9 Å². The minimum absolute atomic E-state index is 0.0444. The summed E-state index contributed by atoms with van der Waals surface area (Å²) in [5, 5.41) is 24.5. The molecule has 2 N–H and O–H groups in total. The molecule has 0 saturated heterocycles. The van der Waals surface area contributed by atoms with E-state index in [1.807, 2.05) is 32.2 Å². The first-order valence-electron chi connectivity index (χ1n) is 12.2. The van der Waals surface area contributed by atoms with Crippen LogP contribution in [0.15, 0.2) is 22.6 Å². The van der Waals surface area contributed by atoms with Crippen molar-refractivity contribution in [3.8, 4) is 0 Å². The van der Waals surface area contributed by atoms with Crippen molar-refractivity contribution in [3.05, 3.63) is 33.3 Å². The zero-order chi connectivity index (χ0) is 25.6. The van der Waals surface area contributed by atoms with Gasteiger partial charge in [0, 0.05) is 17.7 Å². The summed E-state index contributed by atoms with van der Waals surface area (Å²) in [6, 6.07) is 0. The molecular formula is C27H41NO5S. The van der Waals surface area contributed by atoms with Crippen LogP contribution in [0, 0.1) is 24.2 Å². The summed E-state index contributed by atoms with van der Waals surface area (Å²) in [4.78, 5) is 30.5. The number of carbonyl (C=O) groups is 2. The van der Waals surface area contributed by atoms with Crippen LogP contribution in [0.1, 0.15) is 84.3 Å². The van der Waals surface area contributed by atoms with Crippen molar-refractivity contribution < 1.29 is 24.5 Å². The molecule has 1 aromatic rings. The van der Waals surface area contributed by atoms with E-state index in [1.165, 1.54) is 5.57 Å². The first-order valence-corrected chi connectivity index (χ1v) is 13.1. The molecule has 1 aliphatic heterocycles. The molecule has 0 amide bonds. The summed E-state index contributed by atoms with van der Waals surface area (Å²) in [5.74, 6) is -1.49. The molecule has 1 aliphatic rings. The van der Waals surface area contributed by atoms with Gasteiger partial charge in [0.2, 0.25) is 0 Å². The number of nitrogens with zero attached hydrogens (tertiary/aromatic N) is 1. The van der Waals surface area contributed by atoms with Gasteiger partial charge in [-0.25, -0.2) is 4.98 Å². The molecule has 0 saturated carbocycles. The number of hydrogen-bond donors (Lipinski definition) is 2. The van der Waals surface area contributed by atoms with Gasteiger partial charge in [-0.2, -0.15) is 0 Å². The Labute approximate surface area is 208 Å². The highest BCUT2D eigenvalue weighted by Crippen LogP contribution is 2.32. The second-order valence-electron chi connectivity index (χ2n) is 10.4. The van der Waals surface area contributed by atoms with E-state index in [1.54, 1.807) is 32.1 Å². The van der Waals surface area contributed by atoms with E-state index >= 15 is 0 Å². The fourth-order valence-electron chi connectivity index (χ4n) is 4.40. The zero-order valence-corrected chi connectivity index (χ0v) is 22.4. The molecule has 190 valence electrons. The Morgan fingerprint density at radius 1 is 1.24 bits per heavy atom. The minimum atomic E-state index is -1.21. The fraction of sp³-hybridized carbons (Fsp3) is 0.667. The number of Topliss-reactive ketones (excluding diaryl/α,β-unsaturated/α-hetero) is 1. The summed E-state index contributed by atoms with van der Waals surface area (Å²) in [5.41, 5.74) is 1.71. The maximum atomic E-state index is 13.2. The third kappa shape index (κ3) is 7.59. The molecule has 0 fully saturated rings. The van der Waals surface area contributed by atoms with E-state index in [2.05, 4.69) is 18.0 Å². The summed E-state index contributed by atoms with van der Waals surface area (Å²) in [7, 11) is 0. The Balaban J connectivity index is 2.33. The summed E-state index contributed by atoms with van der Waals surface area (Å²) in [6.45, 7) is 12.8. The van der Waals surface area contributed by atoms with Crippen LogP contribution >= 0.6 is 11.3 Å². The number of ketones is 1. The topological polar surface area (TPSA) is 96.7 Å². The number of aliphatic hydroxyl groups is 2. The molecule has 0 radical (unpaired) electrons. The largest absolute Gasteiger partial charge is 0.457 e. The van der Waals surface area contributed by atoms with Gasteiger partial charge in [0.05, 0.1) is 34.7 Å². The minimum Gasteiger partial charge on any atom is -0.457 e. The highest BCUT2D eigenvalue weighted by atomic mass is 32.1. The molecule has 0 spiro atoms. The Morgan fingerprint density at radius 2 is 1.91 bits per heavy atom. The van der Waals surface area contributed by atoms with Crippen LogP contribution in [0.4, 0.5) is 0 Å². The smallest absolute Gasteiger partial charge is 0.309 e. The number of rotatable bonds is 2. The number of carbonyl (C=O) groups excluding carboxylic acids is 2. The van der Waals surface area contributed by atoms with Crippen molar-refractivity contribution in [3.63, 3.8) is 0 Å². The van der Waals surface area contributed by atoms with Gasteiger partial charge in [-0.3, -0.25) is 9.59 Å². The number of esters is 1. The Morgan fingerprint density at radius 3 is 2.53 bits per heavy atom. The zero-order valence-electron chi connectivity index (χ0n) is 21.6. The SMILES string of the molecule is C/C1=C/C[C@@H](/C(C)=C/c2csc(C)n2)OC(=O)C[C@@H](O)C(C)(C)C(=O)[C@H](C)[C@@H](O)[C@@H](C)CCC1. The van der Waals surface area contributed by atoms with Crippen molar-refractivity contribution in [1.29, 1.82) is 0 Å². The van der Waals surface area contributed by atoms with E-state index in [9.17, 15) is 19.8 Å². The maximum absolute atomic E-state index is 13.2. The first kappa shape index (κ1) is 28.4. The first-order chi connectivity index (χ1) is 15.8. The van der Waals surface area contributed by atoms with Gasteiger partial charge in [0.25, 0.3) is 0 Å². The average molecular weight is 492 g/mol. The lowest BCUT2D eigenvalue weighted by Gasteiger charge is -2.34. The predicted molar refractivity (Wildman–Crippen MR) is 136 cm³/mol. The van der Waals surface area contributed by atoms with Crippen molar-refractivity contribution in [2.45, 2.75) is 98.9 Å². The molecular weight excluding hydrogens is 450 g/mol. The molecule has 34 heavy (non-hydrogen) atoms. The van der Waals surface area contributed by atoms with Crippen LogP contribution in [0.2, 0.25) is 0 Å². The Bertz CT molecular complexity index is 916. The molecule has 0 bridgehead atoms. The molecule has 0 aromatic carbocycles. The lowest BCUT2D eigenvalue weighted by atomic mass is 9.73. The molecule has 2 heterocycles. The second-order valence-corrected chi connectivity index (χ2v) is 11.5. The molecule has 2 rings (SSSR count). The van der Waals surface area contributed by atoms with Gasteiger partial charge >= 0.3 is 5.97 Å². The van der Waals surface area contributed by atoms with Crippen molar-refractivity contribution in [2.75, 3.05) is 0 Å². The number of cyclic esters (lactones) is 1. The molecule has 1 aromatic heterocycles. The van der Waals surface area contributed by atoms with E-state index in [-0.39, 0.29) is 18.1 Å². The van der Waals surface area contributed by atoms with Crippen molar-refractivity contribution in [1.82, 2.24) is 4.98 Å². The summed E-state index contributed by atoms with van der Waals surface area (Å²) in [6.07, 6.45) is 4.33. The summed E-state index contributed by atoms with van der Waals surface area (Å²) >= 11 is 1.56. The monoisotopic (exact) mass is 491 g/mol. The summed E-state index contributed by atoms with van der Waals surface area (Å²) < 4.78 is 5.81. The maximum Gasteiger partial charge on any atom is 0.309 e. The average Bonchev–Trinajstić information content (AvgIpc) is 3.18. The second kappa shape index (κ2) is 12.2. The number of aromatic nitrogens is 1. The number of ether oxygens (including phenoxy) is 1. The molecule has 0 aliphatic carbocycles. The van der Waals surface area contributed by atoms with E-state index in [4.69, 9.17) is 4.74 Å². The molecule has 5 atom stereocenters. The predicted octanol–water partition coefficient (Wildman–Crippen LogP) is 5.27. The van der Waals surface area contributed by atoms with Crippen LogP contribution in [-0.2, 0) is 14.3 Å². The van der Waals surface area contributed by atoms with Gasteiger partial charge in [0.1, 0.15) is 11.9 Å². The van der Waals surface area contributed by atoms with E-state index in [0.29, 0.717) is 6.42 Å². The molecule has 0 unspecified atom stereocenters. The highest BCUT2D eigenvalue weighted by Gasteiger charge is 2.42. The van der Waals surface area contributed by atoms with Gasteiger partial charge in [-0.05, 0) is 57.6 Å². The van der Waals surface area contributed by atoms with Crippen molar-refractivity contribution >= 4 is 29.2 Å². The van der Waals surface area contributed by atoms with Crippen LogP contribution in [0.3, 0.4) is 0 Å². The number of hydrogen-bond acceptors (Lipinski definition) is 7. The Kier molecular flexibility index (Phi) is 10.2. The Hall–Kier alpha value is -1.83. The van der Waals surface area contributed by atoms with Gasteiger partial charge in [-0.15, -0.1) is 11.3 Å². The van der Waals surface area contributed by atoms with Crippen molar-refractivity contribution in [2.24, 2.45) is 17.3 Å².